The molecule has 0 aliphatic carbocycles. The zero-order valence-corrected chi connectivity index (χ0v) is 8.68. The number of rotatable bonds is 7. The minimum absolute atomic E-state index is 0.336. The van der Waals surface area contributed by atoms with Crippen LogP contribution in [0.3, 0.4) is 0 Å². The summed E-state index contributed by atoms with van der Waals surface area (Å²) in [5, 5.41) is 8.57. The van der Waals surface area contributed by atoms with Crippen molar-refractivity contribution in [2.24, 2.45) is 5.92 Å². The fourth-order valence-corrected chi connectivity index (χ4v) is 1.22. The predicted molar refractivity (Wildman–Crippen MR) is 54.7 cm³/mol. The number of aliphatic carboxylic acids is 1. The standard InChI is InChI=1S/C11H20O2/c1-4-5-6-9(2)7-8-10(3)11(12)13/h9H,3-8H2,1-2H3,(H,12,13). The second-order valence-corrected chi connectivity index (χ2v) is 3.69. The normalized spacial score (nSPS) is 12.5. The zero-order chi connectivity index (χ0) is 10.3. The molecule has 1 atom stereocenters. The molecule has 1 unspecified atom stereocenters. The van der Waals surface area contributed by atoms with Gasteiger partial charge in [-0.05, 0) is 18.8 Å². The number of carbonyl (C=O) groups is 1. The van der Waals surface area contributed by atoms with E-state index in [0.29, 0.717) is 17.9 Å². The summed E-state index contributed by atoms with van der Waals surface area (Å²) in [6.07, 6.45) is 5.22. The summed E-state index contributed by atoms with van der Waals surface area (Å²) in [4.78, 5) is 10.4. The first-order chi connectivity index (χ1) is 6.07. The van der Waals surface area contributed by atoms with Gasteiger partial charge in [0.25, 0.3) is 0 Å². The van der Waals surface area contributed by atoms with Crippen molar-refractivity contribution < 1.29 is 9.90 Å². The van der Waals surface area contributed by atoms with Gasteiger partial charge in [0.1, 0.15) is 0 Å². The lowest BCUT2D eigenvalue weighted by molar-refractivity contribution is -0.132. The minimum Gasteiger partial charge on any atom is -0.478 e. The van der Waals surface area contributed by atoms with Gasteiger partial charge in [-0.2, -0.15) is 0 Å². The molecule has 13 heavy (non-hydrogen) atoms. The van der Waals surface area contributed by atoms with Crippen LogP contribution < -0.4 is 0 Å². The van der Waals surface area contributed by atoms with Gasteiger partial charge < -0.3 is 5.11 Å². The van der Waals surface area contributed by atoms with E-state index in [9.17, 15) is 4.79 Å². The maximum absolute atomic E-state index is 10.4. The molecule has 0 aromatic rings. The van der Waals surface area contributed by atoms with Crippen molar-refractivity contribution in [2.45, 2.75) is 46.0 Å². The quantitative estimate of drug-likeness (QED) is 0.617. The van der Waals surface area contributed by atoms with Gasteiger partial charge >= 0.3 is 5.97 Å². The number of carboxylic acid groups (broad SMARTS) is 1. The van der Waals surface area contributed by atoms with E-state index in [4.69, 9.17) is 5.11 Å². The summed E-state index contributed by atoms with van der Waals surface area (Å²) < 4.78 is 0. The second kappa shape index (κ2) is 6.70. The van der Waals surface area contributed by atoms with Crippen LogP contribution in [0, 0.1) is 5.92 Å². The smallest absolute Gasteiger partial charge is 0.330 e. The van der Waals surface area contributed by atoms with Crippen LogP contribution >= 0.6 is 0 Å². The fraction of sp³-hybridized carbons (Fsp3) is 0.727. The molecule has 0 spiro atoms. The third kappa shape index (κ3) is 6.38. The van der Waals surface area contributed by atoms with Crippen LogP contribution in [-0.2, 0) is 4.79 Å². The summed E-state index contributed by atoms with van der Waals surface area (Å²) in [7, 11) is 0. The van der Waals surface area contributed by atoms with Crippen LogP contribution in [0.2, 0.25) is 0 Å². The lowest BCUT2D eigenvalue weighted by Gasteiger charge is -2.09. The largest absolute Gasteiger partial charge is 0.478 e. The van der Waals surface area contributed by atoms with Crippen LogP contribution in [0.5, 0.6) is 0 Å². The molecule has 0 aliphatic rings. The lowest BCUT2D eigenvalue weighted by atomic mass is 9.97. The average molecular weight is 184 g/mol. The Morgan fingerprint density at radius 2 is 2.08 bits per heavy atom. The highest BCUT2D eigenvalue weighted by Crippen LogP contribution is 2.16. The highest BCUT2D eigenvalue weighted by Gasteiger charge is 2.06. The van der Waals surface area contributed by atoms with Crippen molar-refractivity contribution >= 4 is 5.97 Å². The molecule has 1 N–H and O–H groups in total. The SMILES string of the molecule is C=C(CCC(C)CCCC)C(=O)O. The van der Waals surface area contributed by atoms with E-state index >= 15 is 0 Å². The van der Waals surface area contributed by atoms with Crippen molar-refractivity contribution in [1.29, 1.82) is 0 Å². The molecule has 0 fully saturated rings. The molecular formula is C11H20O2. The molecule has 0 aromatic carbocycles. The molecular weight excluding hydrogens is 164 g/mol. The summed E-state index contributed by atoms with van der Waals surface area (Å²) in [5.41, 5.74) is 0.336. The summed E-state index contributed by atoms with van der Waals surface area (Å²) in [5.74, 6) is -0.237. The maximum Gasteiger partial charge on any atom is 0.330 e. The highest BCUT2D eigenvalue weighted by molar-refractivity contribution is 5.85. The number of unbranched alkanes of at least 4 members (excludes halogenated alkanes) is 1. The second-order valence-electron chi connectivity index (χ2n) is 3.69. The van der Waals surface area contributed by atoms with Crippen molar-refractivity contribution in [3.05, 3.63) is 12.2 Å². The first kappa shape index (κ1) is 12.2. The van der Waals surface area contributed by atoms with Crippen LogP contribution in [-0.4, -0.2) is 11.1 Å². The number of carboxylic acids is 1. The first-order valence-corrected chi connectivity index (χ1v) is 4.99. The maximum atomic E-state index is 10.4. The van der Waals surface area contributed by atoms with Crippen molar-refractivity contribution in [2.75, 3.05) is 0 Å². The molecule has 0 amide bonds. The predicted octanol–water partition coefficient (Wildman–Crippen LogP) is 3.23. The fourth-order valence-electron chi connectivity index (χ4n) is 1.22. The van der Waals surface area contributed by atoms with Gasteiger partial charge in [0.2, 0.25) is 0 Å². The van der Waals surface area contributed by atoms with E-state index < -0.39 is 5.97 Å². The van der Waals surface area contributed by atoms with E-state index in [-0.39, 0.29) is 0 Å². The van der Waals surface area contributed by atoms with Crippen molar-refractivity contribution in [3.8, 4) is 0 Å². The molecule has 0 rings (SSSR count). The summed E-state index contributed by atoms with van der Waals surface area (Å²) in [6.45, 7) is 7.85. The van der Waals surface area contributed by atoms with Gasteiger partial charge in [-0.1, -0.05) is 39.7 Å². The van der Waals surface area contributed by atoms with Crippen LogP contribution in [0.4, 0.5) is 0 Å². The van der Waals surface area contributed by atoms with Crippen LogP contribution in [0.15, 0.2) is 12.2 Å². The molecule has 0 aliphatic heterocycles. The van der Waals surface area contributed by atoms with Crippen molar-refractivity contribution in [3.63, 3.8) is 0 Å². The highest BCUT2D eigenvalue weighted by atomic mass is 16.4. The molecule has 0 radical (unpaired) electrons. The Morgan fingerprint density at radius 1 is 1.46 bits per heavy atom. The summed E-state index contributed by atoms with van der Waals surface area (Å²) in [6, 6.07) is 0. The van der Waals surface area contributed by atoms with Gasteiger partial charge in [-0.15, -0.1) is 0 Å². The number of hydrogen-bond donors (Lipinski definition) is 1. The van der Waals surface area contributed by atoms with Crippen molar-refractivity contribution in [1.82, 2.24) is 0 Å². The van der Waals surface area contributed by atoms with E-state index in [1.165, 1.54) is 19.3 Å². The van der Waals surface area contributed by atoms with Gasteiger partial charge in [0.15, 0.2) is 0 Å². The molecule has 0 saturated carbocycles. The zero-order valence-electron chi connectivity index (χ0n) is 8.68. The topological polar surface area (TPSA) is 37.3 Å². The van der Waals surface area contributed by atoms with E-state index in [0.717, 1.165) is 6.42 Å². The summed E-state index contributed by atoms with van der Waals surface area (Å²) >= 11 is 0. The average Bonchev–Trinajstić information content (AvgIpc) is 2.10. The van der Waals surface area contributed by atoms with Crippen LogP contribution in [0.1, 0.15) is 46.0 Å². The molecule has 0 heterocycles. The van der Waals surface area contributed by atoms with Crippen LogP contribution in [0.25, 0.3) is 0 Å². The molecule has 0 saturated heterocycles. The Labute approximate surface area is 80.7 Å². The van der Waals surface area contributed by atoms with E-state index in [2.05, 4.69) is 20.4 Å². The minimum atomic E-state index is -0.859. The molecule has 2 heteroatoms. The monoisotopic (exact) mass is 184 g/mol. The van der Waals surface area contributed by atoms with E-state index in [1.807, 2.05) is 0 Å². The van der Waals surface area contributed by atoms with Gasteiger partial charge in [0, 0.05) is 5.57 Å². The van der Waals surface area contributed by atoms with Gasteiger partial charge in [-0.25, -0.2) is 4.79 Å². The first-order valence-electron chi connectivity index (χ1n) is 4.99. The Kier molecular flexibility index (Phi) is 6.29. The number of hydrogen-bond acceptors (Lipinski definition) is 1. The Hall–Kier alpha value is -0.790. The molecule has 76 valence electrons. The Balaban J connectivity index is 3.51. The molecule has 2 nitrogen and oxygen atoms in total. The van der Waals surface area contributed by atoms with E-state index in [1.54, 1.807) is 0 Å². The van der Waals surface area contributed by atoms with Gasteiger partial charge in [0.05, 0.1) is 0 Å². The lowest BCUT2D eigenvalue weighted by Crippen LogP contribution is -2.02. The Bertz CT molecular complexity index is 173. The molecule has 0 bridgehead atoms. The van der Waals surface area contributed by atoms with Gasteiger partial charge in [-0.3, -0.25) is 0 Å². The third-order valence-electron chi connectivity index (χ3n) is 2.29. The third-order valence-corrected chi connectivity index (χ3v) is 2.29. The molecule has 0 aromatic heterocycles. The Morgan fingerprint density at radius 3 is 2.54 bits per heavy atom.